The molecule has 0 aliphatic rings. The van der Waals surface area contributed by atoms with Gasteiger partial charge < -0.3 is 9.73 Å². The SMILES string of the molecule is O=C(Nc1ccc(Br)c(C(F)(F)F)c1)c1ccoc1Cl. The summed E-state index contributed by atoms with van der Waals surface area (Å²) >= 11 is 8.43. The third kappa shape index (κ3) is 3.16. The lowest BCUT2D eigenvalue weighted by Crippen LogP contribution is -2.13. The topological polar surface area (TPSA) is 42.2 Å². The number of alkyl halides is 3. The number of benzene rings is 1. The van der Waals surface area contributed by atoms with E-state index < -0.39 is 17.6 Å². The summed E-state index contributed by atoms with van der Waals surface area (Å²) in [4.78, 5) is 11.8. The molecule has 0 radical (unpaired) electrons. The molecule has 0 saturated heterocycles. The van der Waals surface area contributed by atoms with E-state index in [0.29, 0.717) is 0 Å². The number of anilines is 1. The van der Waals surface area contributed by atoms with Gasteiger partial charge in [0.05, 0.1) is 17.4 Å². The molecule has 0 unspecified atom stereocenters. The highest BCUT2D eigenvalue weighted by atomic mass is 79.9. The van der Waals surface area contributed by atoms with Gasteiger partial charge in [-0.05, 0) is 35.9 Å². The van der Waals surface area contributed by atoms with Crippen LogP contribution in [-0.4, -0.2) is 5.91 Å². The Balaban J connectivity index is 2.27. The lowest BCUT2D eigenvalue weighted by molar-refractivity contribution is -0.138. The molecule has 1 amide bonds. The quantitative estimate of drug-likeness (QED) is 0.813. The molecule has 0 saturated carbocycles. The van der Waals surface area contributed by atoms with Crippen molar-refractivity contribution in [3.05, 3.63) is 51.3 Å². The van der Waals surface area contributed by atoms with Crippen molar-refractivity contribution >= 4 is 39.1 Å². The zero-order chi connectivity index (χ0) is 14.9. The molecule has 3 nitrogen and oxygen atoms in total. The van der Waals surface area contributed by atoms with Crippen molar-refractivity contribution < 1.29 is 22.4 Å². The van der Waals surface area contributed by atoms with Crippen LogP contribution in [0.15, 0.2) is 39.4 Å². The molecular weight excluding hydrogens is 362 g/mol. The highest BCUT2D eigenvalue weighted by molar-refractivity contribution is 9.10. The van der Waals surface area contributed by atoms with Crippen LogP contribution in [0.4, 0.5) is 18.9 Å². The Bertz CT molecular complexity index is 654. The number of furan rings is 1. The van der Waals surface area contributed by atoms with Gasteiger partial charge in [-0.1, -0.05) is 15.9 Å². The van der Waals surface area contributed by atoms with Gasteiger partial charge in [0.15, 0.2) is 0 Å². The predicted octanol–water partition coefficient (Wildman–Crippen LogP) is 4.97. The van der Waals surface area contributed by atoms with Crippen LogP contribution in [0.3, 0.4) is 0 Å². The number of rotatable bonds is 2. The summed E-state index contributed by atoms with van der Waals surface area (Å²) < 4.78 is 42.8. The van der Waals surface area contributed by atoms with Gasteiger partial charge in [-0.2, -0.15) is 13.2 Å². The smallest absolute Gasteiger partial charge is 0.417 e. The Labute approximate surface area is 124 Å². The standard InChI is InChI=1S/C12H6BrClF3NO2/c13-9-2-1-6(5-8(9)12(15,16)17)18-11(19)7-3-4-20-10(7)14/h1-5H,(H,18,19). The molecule has 20 heavy (non-hydrogen) atoms. The average Bonchev–Trinajstić information content (AvgIpc) is 2.76. The van der Waals surface area contributed by atoms with E-state index in [0.717, 1.165) is 6.07 Å². The zero-order valence-electron chi connectivity index (χ0n) is 9.59. The van der Waals surface area contributed by atoms with Gasteiger partial charge in [0.1, 0.15) is 0 Å². The molecule has 1 N–H and O–H groups in total. The molecule has 8 heteroatoms. The highest BCUT2D eigenvalue weighted by Gasteiger charge is 2.33. The fraction of sp³-hybridized carbons (Fsp3) is 0.0833. The molecule has 0 spiro atoms. The van der Waals surface area contributed by atoms with Gasteiger partial charge in [-0.3, -0.25) is 4.79 Å². The molecule has 2 aromatic rings. The molecular formula is C12H6BrClF3NO2. The summed E-state index contributed by atoms with van der Waals surface area (Å²) in [5.74, 6) is -0.654. The van der Waals surface area contributed by atoms with Crippen LogP contribution in [0.1, 0.15) is 15.9 Å². The maximum atomic E-state index is 12.7. The van der Waals surface area contributed by atoms with Crippen molar-refractivity contribution in [2.45, 2.75) is 6.18 Å². The van der Waals surface area contributed by atoms with Gasteiger partial charge in [-0.25, -0.2) is 0 Å². The lowest BCUT2D eigenvalue weighted by atomic mass is 10.2. The Hall–Kier alpha value is -1.47. The van der Waals surface area contributed by atoms with Crippen molar-refractivity contribution in [2.75, 3.05) is 5.32 Å². The van der Waals surface area contributed by atoms with Gasteiger partial charge in [0.2, 0.25) is 5.22 Å². The second-order valence-corrected chi connectivity index (χ2v) is 4.95. The van der Waals surface area contributed by atoms with E-state index in [1.807, 2.05) is 0 Å². The number of carbonyl (C=O) groups is 1. The monoisotopic (exact) mass is 367 g/mol. The van der Waals surface area contributed by atoms with Crippen molar-refractivity contribution in [2.24, 2.45) is 0 Å². The molecule has 0 bridgehead atoms. The van der Waals surface area contributed by atoms with E-state index in [-0.39, 0.29) is 20.9 Å². The van der Waals surface area contributed by atoms with Gasteiger partial charge in [0.25, 0.3) is 5.91 Å². The van der Waals surface area contributed by atoms with Crippen LogP contribution in [-0.2, 0) is 6.18 Å². The highest BCUT2D eigenvalue weighted by Crippen LogP contribution is 2.36. The maximum absolute atomic E-state index is 12.7. The second kappa shape index (κ2) is 5.49. The summed E-state index contributed by atoms with van der Waals surface area (Å²) in [5.41, 5.74) is -0.834. The first-order valence-electron chi connectivity index (χ1n) is 5.20. The van der Waals surface area contributed by atoms with Crippen LogP contribution in [0, 0.1) is 0 Å². The fourth-order valence-corrected chi connectivity index (χ4v) is 2.15. The lowest BCUT2D eigenvalue weighted by Gasteiger charge is -2.11. The predicted molar refractivity (Wildman–Crippen MR) is 70.8 cm³/mol. The summed E-state index contributed by atoms with van der Waals surface area (Å²) in [6, 6.07) is 4.69. The number of hydrogen-bond acceptors (Lipinski definition) is 2. The minimum Gasteiger partial charge on any atom is -0.452 e. The molecule has 1 aromatic carbocycles. The van der Waals surface area contributed by atoms with Gasteiger partial charge >= 0.3 is 6.18 Å². The first-order valence-corrected chi connectivity index (χ1v) is 6.37. The van der Waals surface area contributed by atoms with E-state index in [2.05, 4.69) is 21.2 Å². The zero-order valence-corrected chi connectivity index (χ0v) is 11.9. The number of carbonyl (C=O) groups excluding carboxylic acids is 1. The van der Waals surface area contributed by atoms with E-state index in [1.165, 1.54) is 24.5 Å². The fourth-order valence-electron chi connectivity index (χ4n) is 1.47. The van der Waals surface area contributed by atoms with Gasteiger partial charge in [0, 0.05) is 10.2 Å². The molecule has 0 aliphatic carbocycles. The Morgan fingerprint density at radius 1 is 1.30 bits per heavy atom. The van der Waals surface area contributed by atoms with Crippen LogP contribution >= 0.6 is 27.5 Å². The first-order chi connectivity index (χ1) is 9.29. The van der Waals surface area contributed by atoms with Crippen molar-refractivity contribution in [3.8, 4) is 0 Å². The summed E-state index contributed by atoms with van der Waals surface area (Å²) in [5, 5.41) is 2.19. The van der Waals surface area contributed by atoms with E-state index in [4.69, 9.17) is 16.0 Å². The number of nitrogens with one attached hydrogen (secondary N) is 1. The molecule has 1 aromatic heterocycles. The van der Waals surface area contributed by atoms with Crippen LogP contribution in [0.5, 0.6) is 0 Å². The molecule has 0 aliphatic heterocycles. The molecule has 106 valence electrons. The van der Waals surface area contributed by atoms with Gasteiger partial charge in [-0.15, -0.1) is 0 Å². The molecule has 2 rings (SSSR count). The minimum absolute atomic E-state index is 0.00258. The second-order valence-electron chi connectivity index (χ2n) is 3.75. The molecule has 0 atom stereocenters. The van der Waals surface area contributed by atoms with Crippen molar-refractivity contribution in [1.29, 1.82) is 0 Å². The Morgan fingerprint density at radius 2 is 2.00 bits per heavy atom. The number of halogens is 5. The molecule has 1 heterocycles. The normalized spacial score (nSPS) is 11.4. The Morgan fingerprint density at radius 3 is 2.55 bits per heavy atom. The number of amides is 1. The van der Waals surface area contributed by atoms with E-state index in [1.54, 1.807) is 0 Å². The van der Waals surface area contributed by atoms with Crippen molar-refractivity contribution in [3.63, 3.8) is 0 Å². The first kappa shape index (κ1) is 14.9. The summed E-state index contributed by atoms with van der Waals surface area (Å²) in [7, 11) is 0. The molecule has 0 fully saturated rings. The van der Waals surface area contributed by atoms with Crippen LogP contribution in [0.25, 0.3) is 0 Å². The summed E-state index contributed by atoms with van der Waals surface area (Å²) in [6.07, 6.45) is -3.31. The van der Waals surface area contributed by atoms with E-state index in [9.17, 15) is 18.0 Å². The van der Waals surface area contributed by atoms with Crippen molar-refractivity contribution in [1.82, 2.24) is 0 Å². The van der Waals surface area contributed by atoms with E-state index >= 15 is 0 Å². The Kier molecular flexibility index (Phi) is 4.10. The third-order valence-electron chi connectivity index (χ3n) is 2.39. The van der Waals surface area contributed by atoms with Crippen LogP contribution in [0.2, 0.25) is 5.22 Å². The summed E-state index contributed by atoms with van der Waals surface area (Å²) in [6.45, 7) is 0. The number of hydrogen-bond donors (Lipinski definition) is 1. The maximum Gasteiger partial charge on any atom is 0.417 e. The minimum atomic E-state index is -4.52. The largest absolute Gasteiger partial charge is 0.452 e. The third-order valence-corrected chi connectivity index (χ3v) is 3.38. The average molecular weight is 369 g/mol. The van der Waals surface area contributed by atoms with Crippen LogP contribution < -0.4 is 5.32 Å².